The SMILES string of the molecule is CC1COCCN1C(=O)c1cc(-c2cccs2)nc(N2CCCCC2)n1. The number of amides is 1. The van der Waals surface area contributed by atoms with E-state index in [1.54, 1.807) is 11.3 Å². The molecule has 7 heteroatoms. The molecule has 6 nitrogen and oxygen atoms in total. The predicted octanol–water partition coefficient (Wildman–Crippen LogP) is 3.06. The molecule has 0 spiro atoms. The minimum absolute atomic E-state index is 0.0285. The number of thiophene rings is 1. The van der Waals surface area contributed by atoms with Crippen molar-refractivity contribution in [3.8, 4) is 10.6 Å². The molecule has 4 heterocycles. The van der Waals surface area contributed by atoms with Gasteiger partial charge in [0.25, 0.3) is 5.91 Å². The molecule has 2 aliphatic heterocycles. The highest BCUT2D eigenvalue weighted by Crippen LogP contribution is 2.27. The minimum Gasteiger partial charge on any atom is -0.377 e. The van der Waals surface area contributed by atoms with Crippen LogP contribution in [0.2, 0.25) is 0 Å². The van der Waals surface area contributed by atoms with Crippen molar-refractivity contribution in [2.24, 2.45) is 0 Å². The van der Waals surface area contributed by atoms with Gasteiger partial charge in [0.2, 0.25) is 5.95 Å². The van der Waals surface area contributed by atoms with Crippen LogP contribution in [0.4, 0.5) is 5.95 Å². The number of hydrogen-bond acceptors (Lipinski definition) is 6. The van der Waals surface area contributed by atoms with Crippen molar-refractivity contribution in [2.75, 3.05) is 37.7 Å². The molecule has 2 aromatic rings. The smallest absolute Gasteiger partial charge is 0.273 e. The summed E-state index contributed by atoms with van der Waals surface area (Å²) < 4.78 is 5.47. The topological polar surface area (TPSA) is 58.6 Å². The fourth-order valence-corrected chi connectivity index (χ4v) is 4.19. The molecule has 2 saturated heterocycles. The van der Waals surface area contributed by atoms with E-state index >= 15 is 0 Å². The van der Waals surface area contributed by atoms with Crippen LogP contribution in [-0.2, 0) is 4.74 Å². The van der Waals surface area contributed by atoms with E-state index in [0.717, 1.165) is 36.5 Å². The van der Waals surface area contributed by atoms with Crippen LogP contribution in [0.15, 0.2) is 23.6 Å². The Bertz CT molecular complexity index is 759. The molecule has 0 aromatic carbocycles. The molecule has 0 bridgehead atoms. The molecule has 2 fully saturated rings. The second kappa shape index (κ2) is 7.72. The van der Waals surface area contributed by atoms with Gasteiger partial charge in [-0.15, -0.1) is 11.3 Å². The van der Waals surface area contributed by atoms with Crippen LogP contribution >= 0.6 is 11.3 Å². The summed E-state index contributed by atoms with van der Waals surface area (Å²) in [7, 11) is 0. The Morgan fingerprint density at radius 1 is 1.23 bits per heavy atom. The van der Waals surface area contributed by atoms with Crippen LogP contribution < -0.4 is 4.90 Å². The zero-order valence-corrected chi connectivity index (χ0v) is 15.9. The van der Waals surface area contributed by atoms with Gasteiger partial charge in [0.05, 0.1) is 29.8 Å². The molecule has 1 unspecified atom stereocenters. The third-order valence-corrected chi connectivity index (χ3v) is 5.87. The van der Waals surface area contributed by atoms with Crippen LogP contribution in [0.1, 0.15) is 36.7 Å². The number of carbonyl (C=O) groups excluding carboxylic acids is 1. The average molecular weight is 372 g/mol. The minimum atomic E-state index is -0.0285. The van der Waals surface area contributed by atoms with E-state index in [0.29, 0.717) is 31.4 Å². The summed E-state index contributed by atoms with van der Waals surface area (Å²) in [6, 6.07) is 5.95. The summed E-state index contributed by atoms with van der Waals surface area (Å²) in [4.78, 5) is 27.7. The lowest BCUT2D eigenvalue weighted by Crippen LogP contribution is -2.47. The van der Waals surface area contributed by atoms with Crippen molar-refractivity contribution < 1.29 is 9.53 Å². The first-order chi connectivity index (χ1) is 12.7. The fraction of sp³-hybridized carbons (Fsp3) is 0.526. The lowest BCUT2D eigenvalue weighted by atomic mass is 10.1. The first-order valence-electron chi connectivity index (χ1n) is 9.29. The Hall–Kier alpha value is -1.99. The van der Waals surface area contributed by atoms with E-state index in [1.807, 2.05) is 35.4 Å². The fourth-order valence-electron chi connectivity index (χ4n) is 3.51. The average Bonchev–Trinajstić information content (AvgIpc) is 3.23. The molecule has 0 N–H and O–H groups in total. The van der Waals surface area contributed by atoms with Gasteiger partial charge in [0.15, 0.2) is 0 Å². The summed E-state index contributed by atoms with van der Waals surface area (Å²) in [6.45, 7) is 5.69. The van der Waals surface area contributed by atoms with Crippen LogP contribution in [0, 0.1) is 0 Å². The number of nitrogens with zero attached hydrogens (tertiary/aromatic N) is 4. The number of anilines is 1. The summed E-state index contributed by atoms with van der Waals surface area (Å²) in [5.41, 5.74) is 1.32. The standard InChI is InChI=1S/C19H24N4O2S/c1-14-13-25-10-9-23(14)18(24)16-12-15(17-6-5-11-26-17)20-19(21-16)22-7-3-2-4-8-22/h5-6,11-12,14H,2-4,7-10,13H2,1H3. The third-order valence-electron chi connectivity index (χ3n) is 4.97. The number of piperidine rings is 1. The van der Waals surface area contributed by atoms with Gasteiger partial charge in [0, 0.05) is 19.6 Å². The lowest BCUT2D eigenvalue weighted by Gasteiger charge is -2.33. The van der Waals surface area contributed by atoms with Gasteiger partial charge >= 0.3 is 0 Å². The third kappa shape index (κ3) is 3.59. The van der Waals surface area contributed by atoms with Gasteiger partial charge in [-0.1, -0.05) is 6.07 Å². The Balaban J connectivity index is 1.70. The van der Waals surface area contributed by atoms with Crippen LogP contribution in [0.5, 0.6) is 0 Å². The van der Waals surface area contributed by atoms with Crippen molar-refractivity contribution >= 4 is 23.2 Å². The molecule has 2 aromatic heterocycles. The predicted molar refractivity (Wildman–Crippen MR) is 103 cm³/mol. The highest BCUT2D eigenvalue weighted by atomic mass is 32.1. The van der Waals surface area contributed by atoms with Crippen molar-refractivity contribution in [1.82, 2.24) is 14.9 Å². The van der Waals surface area contributed by atoms with Crippen LogP contribution in [0.25, 0.3) is 10.6 Å². The number of rotatable bonds is 3. The summed E-state index contributed by atoms with van der Waals surface area (Å²) in [5.74, 6) is 0.652. The molecule has 0 aliphatic carbocycles. The number of aromatic nitrogens is 2. The molecule has 0 radical (unpaired) electrons. The number of carbonyl (C=O) groups is 1. The van der Waals surface area contributed by atoms with Gasteiger partial charge in [-0.05, 0) is 43.7 Å². The highest BCUT2D eigenvalue weighted by Gasteiger charge is 2.27. The van der Waals surface area contributed by atoms with E-state index < -0.39 is 0 Å². The van der Waals surface area contributed by atoms with Gasteiger partial charge in [-0.3, -0.25) is 4.79 Å². The van der Waals surface area contributed by atoms with E-state index in [1.165, 1.54) is 6.42 Å². The number of ether oxygens (including phenoxy) is 1. The molecule has 4 rings (SSSR count). The second-order valence-electron chi connectivity index (χ2n) is 6.89. The summed E-state index contributed by atoms with van der Waals surface area (Å²) >= 11 is 1.63. The lowest BCUT2D eigenvalue weighted by molar-refractivity contribution is 0.00327. The highest BCUT2D eigenvalue weighted by molar-refractivity contribution is 7.13. The largest absolute Gasteiger partial charge is 0.377 e. The molecule has 1 atom stereocenters. The normalized spacial score (nSPS) is 21.0. The molecule has 0 saturated carbocycles. The van der Waals surface area contributed by atoms with Crippen molar-refractivity contribution in [2.45, 2.75) is 32.2 Å². The van der Waals surface area contributed by atoms with Crippen LogP contribution in [0.3, 0.4) is 0 Å². The van der Waals surface area contributed by atoms with Gasteiger partial charge < -0.3 is 14.5 Å². The first kappa shape index (κ1) is 17.4. The second-order valence-corrected chi connectivity index (χ2v) is 7.83. The quantitative estimate of drug-likeness (QED) is 0.829. The Kier molecular flexibility index (Phi) is 5.17. The zero-order chi connectivity index (χ0) is 17.9. The molecular weight excluding hydrogens is 348 g/mol. The van der Waals surface area contributed by atoms with Gasteiger partial charge in [-0.2, -0.15) is 0 Å². The Labute approximate surface area is 157 Å². The Morgan fingerprint density at radius 2 is 2.08 bits per heavy atom. The van der Waals surface area contributed by atoms with E-state index in [9.17, 15) is 4.79 Å². The number of hydrogen-bond donors (Lipinski definition) is 0. The molecular formula is C19H24N4O2S. The summed E-state index contributed by atoms with van der Waals surface area (Å²) in [5, 5.41) is 2.03. The molecule has 26 heavy (non-hydrogen) atoms. The Morgan fingerprint density at radius 3 is 2.81 bits per heavy atom. The first-order valence-corrected chi connectivity index (χ1v) is 10.2. The van der Waals surface area contributed by atoms with Gasteiger partial charge in [-0.25, -0.2) is 9.97 Å². The maximum Gasteiger partial charge on any atom is 0.273 e. The van der Waals surface area contributed by atoms with E-state index in [4.69, 9.17) is 9.72 Å². The maximum atomic E-state index is 13.1. The monoisotopic (exact) mass is 372 g/mol. The number of morpholine rings is 1. The van der Waals surface area contributed by atoms with E-state index in [2.05, 4.69) is 9.88 Å². The zero-order valence-electron chi connectivity index (χ0n) is 15.1. The maximum absolute atomic E-state index is 13.1. The molecule has 1 amide bonds. The molecule has 138 valence electrons. The summed E-state index contributed by atoms with van der Waals surface area (Å²) in [6.07, 6.45) is 3.55. The van der Waals surface area contributed by atoms with Gasteiger partial charge in [0.1, 0.15) is 5.69 Å². The van der Waals surface area contributed by atoms with E-state index in [-0.39, 0.29) is 11.9 Å². The van der Waals surface area contributed by atoms with Crippen molar-refractivity contribution in [3.05, 3.63) is 29.3 Å². The van der Waals surface area contributed by atoms with Crippen molar-refractivity contribution in [3.63, 3.8) is 0 Å². The van der Waals surface area contributed by atoms with Crippen LogP contribution in [-0.4, -0.2) is 59.7 Å². The van der Waals surface area contributed by atoms with Crippen molar-refractivity contribution in [1.29, 1.82) is 0 Å². The molecule has 2 aliphatic rings.